The summed E-state index contributed by atoms with van der Waals surface area (Å²) in [5.74, 6) is 0.739. The van der Waals surface area contributed by atoms with Gasteiger partial charge in [0.15, 0.2) is 0 Å². The minimum Gasteiger partial charge on any atom is -0.459 e. The van der Waals surface area contributed by atoms with Gasteiger partial charge in [-0.15, -0.1) is 0 Å². The van der Waals surface area contributed by atoms with Crippen molar-refractivity contribution in [2.45, 2.75) is 71.4 Å². The number of carbonyl (C=O) groups is 1. The van der Waals surface area contributed by atoms with Gasteiger partial charge in [0.1, 0.15) is 5.60 Å². The molecule has 0 N–H and O–H groups in total. The van der Waals surface area contributed by atoms with Crippen LogP contribution in [0.25, 0.3) is 10.4 Å². The molecular weight excluding hydrogens is 266 g/mol. The highest BCUT2D eigenvalue weighted by Crippen LogP contribution is 2.65. The Hall–Kier alpha value is -1.22. The summed E-state index contributed by atoms with van der Waals surface area (Å²) in [6, 6.07) is 0.0318. The number of fused-ring (bicyclic) bond motifs is 3. The SMILES string of the molecule is CC1(C)CC(N=[N+]=[N-])CC2(C)C1CCC1(C)OC(=O)CC12. The Kier molecular flexibility index (Phi) is 3.07. The lowest BCUT2D eigenvalue weighted by atomic mass is 9.45. The molecule has 3 aliphatic rings. The van der Waals surface area contributed by atoms with Crippen molar-refractivity contribution in [3.8, 4) is 0 Å². The summed E-state index contributed by atoms with van der Waals surface area (Å²) in [7, 11) is 0. The second kappa shape index (κ2) is 4.39. The highest BCUT2D eigenvalue weighted by Gasteiger charge is 2.63. The first-order valence-electron chi connectivity index (χ1n) is 7.97. The van der Waals surface area contributed by atoms with Crippen LogP contribution < -0.4 is 0 Å². The Morgan fingerprint density at radius 1 is 1.24 bits per heavy atom. The van der Waals surface area contributed by atoms with Crippen molar-refractivity contribution >= 4 is 5.97 Å². The summed E-state index contributed by atoms with van der Waals surface area (Å²) in [5.41, 5.74) is 8.66. The molecule has 1 aliphatic heterocycles. The summed E-state index contributed by atoms with van der Waals surface area (Å²) >= 11 is 0. The van der Waals surface area contributed by atoms with Crippen LogP contribution in [0.1, 0.15) is 59.8 Å². The van der Waals surface area contributed by atoms with E-state index in [9.17, 15) is 4.79 Å². The minimum absolute atomic E-state index is 0.0137. The summed E-state index contributed by atoms with van der Waals surface area (Å²) in [6.45, 7) is 8.96. The zero-order valence-corrected chi connectivity index (χ0v) is 13.4. The first kappa shape index (κ1) is 14.7. The van der Waals surface area contributed by atoms with Crippen molar-refractivity contribution in [1.29, 1.82) is 0 Å². The van der Waals surface area contributed by atoms with E-state index in [-0.39, 0.29) is 34.4 Å². The monoisotopic (exact) mass is 291 g/mol. The average Bonchev–Trinajstić information content (AvgIpc) is 2.64. The van der Waals surface area contributed by atoms with E-state index in [4.69, 9.17) is 10.3 Å². The Morgan fingerprint density at radius 2 is 1.95 bits per heavy atom. The normalized spacial score (nSPS) is 47.8. The minimum atomic E-state index is -0.323. The summed E-state index contributed by atoms with van der Waals surface area (Å²) in [4.78, 5) is 14.9. The molecule has 5 nitrogen and oxygen atoms in total. The number of ether oxygens (including phenoxy) is 1. The number of hydrogen-bond donors (Lipinski definition) is 0. The molecule has 116 valence electrons. The van der Waals surface area contributed by atoms with Crippen LogP contribution in [-0.2, 0) is 9.53 Å². The zero-order valence-electron chi connectivity index (χ0n) is 13.4. The van der Waals surface area contributed by atoms with Gasteiger partial charge >= 0.3 is 5.97 Å². The Balaban J connectivity index is 2.02. The van der Waals surface area contributed by atoms with E-state index in [1.807, 2.05) is 0 Å². The van der Waals surface area contributed by atoms with Crippen LogP contribution in [0.4, 0.5) is 0 Å². The molecule has 0 amide bonds. The van der Waals surface area contributed by atoms with E-state index in [0.29, 0.717) is 12.3 Å². The van der Waals surface area contributed by atoms with Gasteiger partial charge in [-0.1, -0.05) is 25.9 Å². The maximum atomic E-state index is 11.9. The van der Waals surface area contributed by atoms with Gasteiger partial charge in [0.05, 0.1) is 6.42 Å². The molecule has 5 unspecified atom stereocenters. The van der Waals surface area contributed by atoms with Gasteiger partial charge in [0.25, 0.3) is 0 Å². The van der Waals surface area contributed by atoms with E-state index in [2.05, 4.69) is 37.7 Å². The fraction of sp³-hybridized carbons (Fsp3) is 0.938. The van der Waals surface area contributed by atoms with Gasteiger partial charge < -0.3 is 4.74 Å². The third-order valence-electron chi connectivity index (χ3n) is 6.57. The number of hydrogen-bond acceptors (Lipinski definition) is 3. The molecule has 3 fully saturated rings. The maximum Gasteiger partial charge on any atom is 0.306 e. The van der Waals surface area contributed by atoms with Crippen LogP contribution in [0.2, 0.25) is 0 Å². The third kappa shape index (κ3) is 2.05. The second-order valence-electron chi connectivity index (χ2n) is 8.40. The highest BCUT2D eigenvalue weighted by molar-refractivity contribution is 5.73. The molecule has 5 atom stereocenters. The molecular formula is C16H25N3O2. The fourth-order valence-electron chi connectivity index (χ4n) is 5.97. The molecule has 1 heterocycles. The molecule has 3 rings (SSSR count). The Bertz CT molecular complexity index is 526. The molecule has 1 saturated heterocycles. The molecule has 2 aliphatic carbocycles. The molecule has 5 heteroatoms. The van der Waals surface area contributed by atoms with E-state index in [0.717, 1.165) is 25.7 Å². The molecule has 2 saturated carbocycles. The number of azide groups is 1. The fourth-order valence-corrected chi connectivity index (χ4v) is 5.97. The smallest absolute Gasteiger partial charge is 0.306 e. The van der Waals surface area contributed by atoms with Crippen molar-refractivity contribution in [3.05, 3.63) is 10.4 Å². The van der Waals surface area contributed by atoms with Gasteiger partial charge in [0.2, 0.25) is 0 Å². The van der Waals surface area contributed by atoms with Crippen LogP contribution in [0.3, 0.4) is 0 Å². The number of esters is 1. The Morgan fingerprint density at radius 3 is 2.62 bits per heavy atom. The lowest BCUT2D eigenvalue weighted by Gasteiger charge is -2.60. The van der Waals surface area contributed by atoms with Crippen molar-refractivity contribution in [3.63, 3.8) is 0 Å². The lowest BCUT2D eigenvalue weighted by molar-refractivity contribution is -0.166. The van der Waals surface area contributed by atoms with Crippen LogP contribution >= 0.6 is 0 Å². The van der Waals surface area contributed by atoms with Gasteiger partial charge in [-0.2, -0.15) is 0 Å². The van der Waals surface area contributed by atoms with Crippen molar-refractivity contribution in [2.75, 3.05) is 0 Å². The zero-order chi connectivity index (χ0) is 15.5. The number of rotatable bonds is 1. The molecule has 21 heavy (non-hydrogen) atoms. The van der Waals surface area contributed by atoms with Crippen LogP contribution in [0, 0.1) is 22.7 Å². The molecule has 0 spiro atoms. The molecule has 0 aromatic rings. The number of nitrogens with zero attached hydrogens (tertiary/aromatic N) is 3. The molecule has 0 radical (unpaired) electrons. The Labute approximate surface area is 126 Å². The predicted molar refractivity (Wildman–Crippen MR) is 79.4 cm³/mol. The maximum absolute atomic E-state index is 11.9. The first-order valence-corrected chi connectivity index (χ1v) is 7.97. The predicted octanol–water partition coefficient (Wildman–Crippen LogP) is 4.22. The summed E-state index contributed by atoms with van der Waals surface area (Å²) in [6.07, 6.45) is 4.38. The molecule has 0 bridgehead atoms. The quantitative estimate of drug-likeness (QED) is 0.314. The molecule has 0 aromatic carbocycles. The molecule has 0 aromatic heterocycles. The van der Waals surface area contributed by atoms with Crippen LogP contribution in [0.15, 0.2) is 5.11 Å². The average molecular weight is 291 g/mol. The van der Waals surface area contributed by atoms with E-state index in [1.54, 1.807) is 0 Å². The second-order valence-corrected chi connectivity index (χ2v) is 8.40. The standard InChI is InChI=1S/C16H25N3O2/c1-14(2)8-10(18-19-17)9-15(3)11(14)5-6-16(4)12(15)7-13(20)21-16/h10-12H,5-9H2,1-4H3. The van der Waals surface area contributed by atoms with Gasteiger partial charge in [-0.05, 0) is 54.9 Å². The number of carbonyl (C=O) groups excluding carboxylic acids is 1. The van der Waals surface area contributed by atoms with E-state index in [1.165, 1.54) is 0 Å². The van der Waals surface area contributed by atoms with Gasteiger partial charge in [-0.25, -0.2) is 0 Å². The largest absolute Gasteiger partial charge is 0.459 e. The highest BCUT2D eigenvalue weighted by atomic mass is 16.6. The van der Waals surface area contributed by atoms with Gasteiger partial charge in [0, 0.05) is 16.9 Å². The van der Waals surface area contributed by atoms with Crippen LogP contribution in [0.5, 0.6) is 0 Å². The first-order chi connectivity index (χ1) is 9.71. The van der Waals surface area contributed by atoms with E-state index < -0.39 is 0 Å². The van der Waals surface area contributed by atoms with Crippen molar-refractivity contribution in [2.24, 2.45) is 27.8 Å². The summed E-state index contributed by atoms with van der Waals surface area (Å²) < 4.78 is 5.69. The van der Waals surface area contributed by atoms with Crippen molar-refractivity contribution < 1.29 is 9.53 Å². The third-order valence-corrected chi connectivity index (χ3v) is 6.57. The van der Waals surface area contributed by atoms with Crippen molar-refractivity contribution in [1.82, 2.24) is 0 Å². The topological polar surface area (TPSA) is 75.1 Å². The lowest BCUT2D eigenvalue weighted by Crippen LogP contribution is -2.58. The van der Waals surface area contributed by atoms with Gasteiger partial charge in [-0.3, -0.25) is 4.79 Å². The van der Waals surface area contributed by atoms with E-state index >= 15 is 0 Å². The van der Waals surface area contributed by atoms with Crippen LogP contribution in [-0.4, -0.2) is 17.6 Å². The summed E-state index contributed by atoms with van der Waals surface area (Å²) in [5, 5.41) is 4.03.